The van der Waals surface area contributed by atoms with Gasteiger partial charge in [-0.1, -0.05) is 6.92 Å². The van der Waals surface area contributed by atoms with Crippen molar-refractivity contribution in [1.29, 1.82) is 0 Å². The maximum Gasteiger partial charge on any atom is 0.208 e. The van der Waals surface area contributed by atoms with Crippen LogP contribution in [0.2, 0.25) is 0 Å². The van der Waals surface area contributed by atoms with E-state index in [4.69, 9.17) is 4.42 Å². The Morgan fingerprint density at radius 3 is 2.00 bits per heavy atom. The normalized spacial score (nSPS) is 11.2. The highest BCUT2D eigenvalue weighted by atomic mass is 79.9. The summed E-state index contributed by atoms with van der Waals surface area (Å²) in [5.74, 6) is -3.96. The van der Waals surface area contributed by atoms with Gasteiger partial charge < -0.3 is 29.9 Å². The molecule has 0 fully saturated rings. The Morgan fingerprint density at radius 1 is 0.923 bits per heavy atom. The van der Waals surface area contributed by atoms with Crippen LogP contribution in [-0.4, -0.2) is 31.3 Å². The molecule has 1 heterocycles. The number of carbonyl (C=O) groups is 1. The molecular weight excluding hydrogens is 476 g/mol. The molecule has 0 aliphatic heterocycles. The third-order valence-electron chi connectivity index (χ3n) is 3.93. The molecule has 0 radical (unpaired) electrons. The predicted octanol–water partition coefficient (Wildman–Crippen LogP) is 4.28. The van der Waals surface area contributed by atoms with Crippen molar-refractivity contribution in [2.45, 2.75) is 13.3 Å². The molecule has 3 rings (SSSR count). The zero-order valence-corrected chi connectivity index (χ0v) is 16.3. The lowest BCUT2D eigenvalue weighted by molar-refractivity contribution is 0.103. The number of aromatic hydroxyl groups is 5. The van der Waals surface area contributed by atoms with Crippen molar-refractivity contribution in [1.82, 2.24) is 0 Å². The van der Waals surface area contributed by atoms with Crippen LogP contribution < -0.4 is 0 Å². The Bertz CT molecular complexity index is 1050. The highest BCUT2D eigenvalue weighted by Gasteiger charge is 2.30. The Kier molecular flexibility index (Phi) is 4.53. The number of ketones is 1. The van der Waals surface area contributed by atoms with Crippen molar-refractivity contribution < 1.29 is 34.7 Å². The molecule has 0 atom stereocenters. The molecule has 1 aromatic heterocycles. The van der Waals surface area contributed by atoms with E-state index >= 15 is 0 Å². The SMILES string of the molecule is CCc1oc2c(O)c(O)c(O)c(O)c2c1C(=O)c1cc(Br)c(O)c(Br)c1. The lowest BCUT2D eigenvalue weighted by Gasteiger charge is -2.08. The van der Waals surface area contributed by atoms with E-state index in [-0.39, 0.29) is 49.0 Å². The van der Waals surface area contributed by atoms with E-state index in [0.29, 0.717) is 0 Å². The van der Waals surface area contributed by atoms with Gasteiger partial charge in [0.25, 0.3) is 0 Å². The Morgan fingerprint density at radius 2 is 1.46 bits per heavy atom. The zero-order valence-electron chi connectivity index (χ0n) is 13.2. The largest absolute Gasteiger partial charge is 0.506 e. The van der Waals surface area contributed by atoms with Gasteiger partial charge in [0.15, 0.2) is 17.1 Å². The second kappa shape index (κ2) is 6.40. The quantitative estimate of drug-likeness (QED) is 0.211. The van der Waals surface area contributed by atoms with Gasteiger partial charge in [-0.25, -0.2) is 0 Å². The number of halogens is 2. The van der Waals surface area contributed by atoms with E-state index in [1.165, 1.54) is 12.1 Å². The number of phenolic OH excluding ortho intramolecular Hbond substituents is 5. The van der Waals surface area contributed by atoms with Gasteiger partial charge in [0.05, 0.1) is 19.9 Å². The number of carbonyl (C=O) groups excluding carboxylic acids is 1. The van der Waals surface area contributed by atoms with Gasteiger partial charge >= 0.3 is 0 Å². The van der Waals surface area contributed by atoms with Crippen LogP contribution in [0.25, 0.3) is 11.0 Å². The molecule has 5 N–H and O–H groups in total. The van der Waals surface area contributed by atoms with Gasteiger partial charge in [-0.05, 0) is 44.0 Å². The van der Waals surface area contributed by atoms with E-state index < -0.39 is 28.8 Å². The molecule has 0 aliphatic rings. The fourth-order valence-electron chi connectivity index (χ4n) is 2.65. The van der Waals surface area contributed by atoms with Crippen LogP contribution in [-0.2, 0) is 6.42 Å². The molecule has 0 unspecified atom stereocenters. The van der Waals surface area contributed by atoms with Crippen molar-refractivity contribution >= 4 is 48.6 Å². The lowest BCUT2D eigenvalue weighted by atomic mass is 9.98. The molecule has 136 valence electrons. The summed E-state index contributed by atoms with van der Waals surface area (Å²) in [6.07, 6.45) is 0.247. The fourth-order valence-corrected chi connectivity index (χ4v) is 3.84. The van der Waals surface area contributed by atoms with Gasteiger partial charge in [-0.3, -0.25) is 4.79 Å². The number of hydrogen-bond acceptors (Lipinski definition) is 7. The number of hydrogen-bond donors (Lipinski definition) is 5. The van der Waals surface area contributed by atoms with Gasteiger partial charge in [0.2, 0.25) is 17.2 Å². The van der Waals surface area contributed by atoms with Crippen molar-refractivity contribution in [2.75, 3.05) is 0 Å². The minimum absolute atomic E-state index is 0.0601. The van der Waals surface area contributed by atoms with E-state index in [0.717, 1.165) is 0 Å². The maximum absolute atomic E-state index is 13.1. The highest BCUT2D eigenvalue weighted by Crippen LogP contribution is 2.51. The molecule has 0 bridgehead atoms. The molecule has 9 heteroatoms. The number of furan rings is 1. The summed E-state index contributed by atoms with van der Waals surface area (Å²) in [5.41, 5.74) is -0.213. The lowest BCUT2D eigenvalue weighted by Crippen LogP contribution is -2.04. The van der Waals surface area contributed by atoms with Crippen LogP contribution in [0.5, 0.6) is 28.7 Å². The van der Waals surface area contributed by atoms with Crippen molar-refractivity contribution in [3.8, 4) is 28.7 Å². The molecule has 3 aromatic rings. The molecule has 2 aromatic carbocycles. The first kappa shape index (κ1) is 18.4. The van der Waals surface area contributed by atoms with Crippen LogP contribution >= 0.6 is 31.9 Å². The van der Waals surface area contributed by atoms with Crippen molar-refractivity contribution in [3.63, 3.8) is 0 Å². The summed E-state index contributed by atoms with van der Waals surface area (Å²) in [7, 11) is 0. The Balaban J connectivity index is 2.36. The first-order valence-electron chi connectivity index (χ1n) is 7.32. The van der Waals surface area contributed by atoms with Gasteiger partial charge in [-0.15, -0.1) is 0 Å². The Hall–Kier alpha value is -2.39. The molecule has 0 aliphatic carbocycles. The summed E-state index contributed by atoms with van der Waals surface area (Å²) in [6.45, 7) is 1.70. The van der Waals surface area contributed by atoms with Crippen LogP contribution in [0.4, 0.5) is 0 Å². The van der Waals surface area contributed by atoms with Gasteiger partial charge in [0, 0.05) is 12.0 Å². The topological polar surface area (TPSA) is 131 Å². The van der Waals surface area contributed by atoms with Crippen molar-refractivity contribution in [3.05, 3.63) is 38.0 Å². The molecule has 7 nitrogen and oxygen atoms in total. The Labute approximate surface area is 163 Å². The number of benzene rings is 2. The molecular formula is C17H12Br2O7. The van der Waals surface area contributed by atoms with Gasteiger partial charge in [0.1, 0.15) is 11.5 Å². The van der Waals surface area contributed by atoms with E-state index in [1.807, 2.05) is 0 Å². The van der Waals surface area contributed by atoms with E-state index in [1.54, 1.807) is 6.92 Å². The first-order chi connectivity index (χ1) is 12.2. The standard InChI is InChI=1S/C17H12Br2O7/c1-2-8-9(11(20)5-3-6(18)12(21)7(19)4-5)10-13(22)14(23)15(24)16(25)17(10)26-8/h3-4,21-25H,2H2,1H3. The maximum atomic E-state index is 13.1. The summed E-state index contributed by atoms with van der Waals surface area (Å²) in [4.78, 5) is 13.1. The smallest absolute Gasteiger partial charge is 0.208 e. The third-order valence-corrected chi connectivity index (χ3v) is 5.14. The molecule has 0 saturated heterocycles. The average Bonchev–Trinajstić information content (AvgIpc) is 3.01. The predicted molar refractivity (Wildman–Crippen MR) is 99.2 cm³/mol. The van der Waals surface area contributed by atoms with Crippen LogP contribution in [0.15, 0.2) is 25.5 Å². The second-order valence-corrected chi connectivity index (χ2v) is 7.18. The van der Waals surface area contributed by atoms with Crippen LogP contribution in [0.3, 0.4) is 0 Å². The minimum Gasteiger partial charge on any atom is -0.506 e. The van der Waals surface area contributed by atoms with Crippen LogP contribution in [0.1, 0.15) is 28.6 Å². The average molecular weight is 488 g/mol. The van der Waals surface area contributed by atoms with Crippen molar-refractivity contribution in [2.24, 2.45) is 0 Å². The molecule has 0 spiro atoms. The highest BCUT2D eigenvalue weighted by molar-refractivity contribution is 9.11. The molecule has 26 heavy (non-hydrogen) atoms. The summed E-state index contributed by atoms with van der Waals surface area (Å²) in [6, 6.07) is 2.77. The first-order valence-corrected chi connectivity index (χ1v) is 8.91. The molecule has 0 saturated carbocycles. The second-order valence-electron chi connectivity index (χ2n) is 5.47. The van der Waals surface area contributed by atoms with E-state index in [9.17, 15) is 30.3 Å². The van der Waals surface area contributed by atoms with E-state index in [2.05, 4.69) is 31.9 Å². The molecule has 0 amide bonds. The number of fused-ring (bicyclic) bond motifs is 1. The summed E-state index contributed by atoms with van der Waals surface area (Å²) >= 11 is 6.29. The zero-order chi connectivity index (χ0) is 19.3. The van der Waals surface area contributed by atoms with Gasteiger partial charge in [-0.2, -0.15) is 0 Å². The minimum atomic E-state index is -0.958. The number of rotatable bonds is 3. The summed E-state index contributed by atoms with van der Waals surface area (Å²) in [5, 5.41) is 49.3. The van der Waals surface area contributed by atoms with Crippen LogP contribution in [0, 0.1) is 0 Å². The fraction of sp³-hybridized carbons (Fsp3) is 0.118. The summed E-state index contributed by atoms with van der Waals surface area (Å²) < 4.78 is 5.99. The number of phenols is 5. The third kappa shape index (κ3) is 2.58. The monoisotopic (exact) mass is 486 g/mol. The number of aryl methyl sites for hydroxylation is 1.